The van der Waals surface area contributed by atoms with Crippen LogP contribution in [0.4, 0.5) is 0 Å². The number of piperazine rings is 1. The molecule has 2 fully saturated rings. The van der Waals surface area contributed by atoms with E-state index in [9.17, 15) is 9.59 Å². The first-order valence-corrected chi connectivity index (χ1v) is 5.56. The summed E-state index contributed by atoms with van der Waals surface area (Å²) in [5, 5.41) is 11.9. The minimum atomic E-state index is -0.976. The normalized spacial score (nSPS) is 30.4. The molecule has 2 aliphatic heterocycles. The van der Waals surface area contributed by atoms with Crippen LogP contribution >= 0.6 is 0 Å². The lowest BCUT2D eigenvalue weighted by atomic mass is 10.1. The van der Waals surface area contributed by atoms with Gasteiger partial charge in [0.1, 0.15) is 6.10 Å². The summed E-state index contributed by atoms with van der Waals surface area (Å²) in [7, 11) is 0. The van der Waals surface area contributed by atoms with Gasteiger partial charge in [-0.3, -0.25) is 4.79 Å². The molecule has 0 aromatic rings. The topological polar surface area (TPSA) is 78.9 Å². The molecule has 2 saturated heterocycles. The molecule has 6 heteroatoms. The highest BCUT2D eigenvalue weighted by Crippen LogP contribution is 2.21. The van der Waals surface area contributed by atoms with E-state index in [0.717, 1.165) is 13.1 Å². The Bertz CT molecular complexity index is 289. The third kappa shape index (κ3) is 2.33. The lowest BCUT2D eigenvalue weighted by Gasteiger charge is -2.29. The Kier molecular flexibility index (Phi) is 3.40. The minimum Gasteiger partial charge on any atom is -0.479 e. The van der Waals surface area contributed by atoms with E-state index in [-0.39, 0.29) is 5.91 Å². The number of hydrogen-bond acceptors (Lipinski definition) is 4. The molecular weight excluding hydrogens is 212 g/mol. The fourth-order valence-corrected chi connectivity index (χ4v) is 2.09. The van der Waals surface area contributed by atoms with Crippen LogP contribution in [0.5, 0.6) is 0 Å². The lowest BCUT2D eigenvalue weighted by molar-refractivity contribution is -0.155. The monoisotopic (exact) mass is 228 g/mol. The number of carboxylic acid groups (broad SMARTS) is 1. The van der Waals surface area contributed by atoms with Crippen LogP contribution < -0.4 is 5.32 Å². The Labute approximate surface area is 93.6 Å². The average molecular weight is 228 g/mol. The summed E-state index contributed by atoms with van der Waals surface area (Å²) in [5.41, 5.74) is 0. The van der Waals surface area contributed by atoms with Gasteiger partial charge in [0.25, 0.3) is 5.91 Å². The van der Waals surface area contributed by atoms with E-state index >= 15 is 0 Å². The van der Waals surface area contributed by atoms with Gasteiger partial charge in [-0.2, -0.15) is 0 Å². The molecule has 0 aliphatic carbocycles. The number of amides is 1. The quantitative estimate of drug-likeness (QED) is 0.637. The maximum absolute atomic E-state index is 11.9. The molecule has 0 spiro atoms. The summed E-state index contributed by atoms with van der Waals surface area (Å²) in [5.74, 6) is -1.04. The zero-order valence-electron chi connectivity index (χ0n) is 9.02. The first-order valence-electron chi connectivity index (χ1n) is 5.56. The highest BCUT2D eigenvalue weighted by Gasteiger charge is 2.36. The number of ether oxygens (including phenoxy) is 1. The fourth-order valence-electron chi connectivity index (χ4n) is 2.09. The number of hydrogen-bond donors (Lipinski definition) is 2. The van der Waals surface area contributed by atoms with Gasteiger partial charge in [0.15, 0.2) is 6.10 Å². The van der Waals surface area contributed by atoms with Gasteiger partial charge in [0.2, 0.25) is 0 Å². The standard InChI is InChI=1S/C10H16N2O4/c13-9(12-5-3-11-4-6-12)7-1-2-8(16-7)10(14)15/h7-8,11H,1-6H2,(H,14,15). The first-order chi connectivity index (χ1) is 7.68. The largest absolute Gasteiger partial charge is 0.479 e. The number of carbonyl (C=O) groups is 2. The van der Waals surface area contributed by atoms with Gasteiger partial charge in [0.05, 0.1) is 0 Å². The zero-order chi connectivity index (χ0) is 11.5. The van der Waals surface area contributed by atoms with Crippen molar-refractivity contribution in [3.8, 4) is 0 Å². The third-order valence-electron chi connectivity index (χ3n) is 3.00. The number of rotatable bonds is 2. The number of carboxylic acids is 1. The Hall–Kier alpha value is -1.14. The summed E-state index contributed by atoms with van der Waals surface area (Å²) >= 11 is 0. The van der Waals surface area contributed by atoms with E-state index in [2.05, 4.69) is 5.32 Å². The van der Waals surface area contributed by atoms with Gasteiger partial charge in [0, 0.05) is 26.2 Å². The van der Waals surface area contributed by atoms with Crippen molar-refractivity contribution in [1.82, 2.24) is 10.2 Å². The molecular formula is C10H16N2O4. The molecule has 2 N–H and O–H groups in total. The second kappa shape index (κ2) is 4.80. The summed E-state index contributed by atoms with van der Waals surface area (Å²) in [6, 6.07) is 0. The number of aliphatic carboxylic acids is 1. The van der Waals surface area contributed by atoms with E-state index in [1.165, 1.54) is 0 Å². The van der Waals surface area contributed by atoms with E-state index in [1.807, 2.05) is 0 Å². The van der Waals surface area contributed by atoms with Gasteiger partial charge >= 0.3 is 5.97 Å². The molecule has 6 nitrogen and oxygen atoms in total. The SMILES string of the molecule is O=C(O)C1CCC(C(=O)N2CCNCC2)O1. The first kappa shape index (κ1) is 11.3. The van der Waals surface area contributed by atoms with E-state index < -0.39 is 18.2 Å². The highest BCUT2D eigenvalue weighted by molar-refractivity contribution is 5.82. The lowest BCUT2D eigenvalue weighted by Crippen LogP contribution is -2.49. The van der Waals surface area contributed by atoms with Crippen LogP contribution in [0.3, 0.4) is 0 Å². The molecule has 0 aromatic carbocycles. The minimum absolute atomic E-state index is 0.0646. The molecule has 2 aliphatic rings. The second-order valence-electron chi connectivity index (χ2n) is 4.10. The highest BCUT2D eigenvalue weighted by atomic mass is 16.5. The predicted molar refractivity (Wildman–Crippen MR) is 55.0 cm³/mol. The van der Waals surface area contributed by atoms with Crippen LogP contribution in [0, 0.1) is 0 Å². The molecule has 2 rings (SSSR count). The van der Waals surface area contributed by atoms with Crippen molar-refractivity contribution in [3.05, 3.63) is 0 Å². The molecule has 0 bridgehead atoms. The number of nitrogens with one attached hydrogen (secondary N) is 1. The third-order valence-corrected chi connectivity index (χ3v) is 3.00. The smallest absolute Gasteiger partial charge is 0.332 e. The molecule has 0 saturated carbocycles. The summed E-state index contributed by atoms with van der Waals surface area (Å²) in [4.78, 5) is 24.4. The number of carbonyl (C=O) groups excluding carboxylic acids is 1. The summed E-state index contributed by atoms with van der Waals surface area (Å²) in [6.07, 6.45) is -0.423. The summed E-state index contributed by atoms with van der Waals surface area (Å²) in [6.45, 7) is 2.94. The maximum Gasteiger partial charge on any atom is 0.332 e. The van der Waals surface area contributed by atoms with Crippen molar-refractivity contribution in [2.75, 3.05) is 26.2 Å². The molecule has 16 heavy (non-hydrogen) atoms. The molecule has 0 radical (unpaired) electrons. The van der Waals surface area contributed by atoms with Gasteiger partial charge in [-0.15, -0.1) is 0 Å². The van der Waals surface area contributed by atoms with Crippen LogP contribution in [0.2, 0.25) is 0 Å². The van der Waals surface area contributed by atoms with Crippen LogP contribution in [0.1, 0.15) is 12.8 Å². The van der Waals surface area contributed by atoms with E-state index in [1.54, 1.807) is 4.90 Å². The van der Waals surface area contributed by atoms with Crippen LogP contribution in [-0.2, 0) is 14.3 Å². The number of nitrogens with zero attached hydrogens (tertiary/aromatic N) is 1. The van der Waals surface area contributed by atoms with Gasteiger partial charge < -0.3 is 20.1 Å². The second-order valence-corrected chi connectivity index (χ2v) is 4.10. The summed E-state index contributed by atoms with van der Waals surface area (Å²) < 4.78 is 5.23. The van der Waals surface area contributed by atoms with Crippen molar-refractivity contribution >= 4 is 11.9 Å². The zero-order valence-corrected chi connectivity index (χ0v) is 9.02. The Morgan fingerprint density at radius 1 is 1.19 bits per heavy atom. The maximum atomic E-state index is 11.9. The van der Waals surface area contributed by atoms with Crippen molar-refractivity contribution in [1.29, 1.82) is 0 Å². The Balaban J connectivity index is 1.88. The van der Waals surface area contributed by atoms with Crippen molar-refractivity contribution in [2.45, 2.75) is 25.0 Å². The average Bonchev–Trinajstić information content (AvgIpc) is 2.78. The van der Waals surface area contributed by atoms with Crippen LogP contribution in [0.25, 0.3) is 0 Å². The molecule has 1 amide bonds. The van der Waals surface area contributed by atoms with Crippen molar-refractivity contribution in [3.63, 3.8) is 0 Å². The van der Waals surface area contributed by atoms with Gasteiger partial charge in [-0.1, -0.05) is 0 Å². The van der Waals surface area contributed by atoms with Crippen molar-refractivity contribution < 1.29 is 19.4 Å². The fraction of sp³-hybridized carbons (Fsp3) is 0.800. The van der Waals surface area contributed by atoms with Crippen molar-refractivity contribution in [2.24, 2.45) is 0 Å². The molecule has 0 aromatic heterocycles. The predicted octanol–water partition coefficient (Wildman–Crippen LogP) is -0.950. The molecule has 2 unspecified atom stereocenters. The van der Waals surface area contributed by atoms with E-state index in [0.29, 0.717) is 25.9 Å². The Morgan fingerprint density at radius 2 is 1.81 bits per heavy atom. The molecule has 90 valence electrons. The van der Waals surface area contributed by atoms with Crippen LogP contribution in [0.15, 0.2) is 0 Å². The van der Waals surface area contributed by atoms with Gasteiger partial charge in [-0.05, 0) is 12.8 Å². The van der Waals surface area contributed by atoms with Crippen LogP contribution in [-0.4, -0.2) is 60.3 Å². The molecule has 2 heterocycles. The van der Waals surface area contributed by atoms with Gasteiger partial charge in [-0.25, -0.2) is 4.79 Å². The molecule has 2 atom stereocenters. The Morgan fingerprint density at radius 3 is 2.38 bits per heavy atom. The van der Waals surface area contributed by atoms with E-state index in [4.69, 9.17) is 9.84 Å².